The van der Waals surface area contributed by atoms with Crippen molar-refractivity contribution in [2.24, 2.45) is 5.73 Å². The van der Waals surface area contributed by atoms with Crippen molar-refractivity contribution in [3.05, 3.63) is 101 Å². The van der Waals surface area contributed by atoms with Crippen LogP contribution in [0.1, 0.15) is 32.6 Å². The van der Waals surface area contributed by atoms with Crippen molar-refractivity contribution in [2.75, 3.05) is 11.9 Å². The molecule has 0 fully saturated rings. The molecule has 0 saturated carbocycles. The highest BCUT2D eigenvalue weighted by Gasteiger charge is 2.11. The lowest BCUT2D eigenvalue weighted by Crippen LogP contribution is -2.10. The molecule has 0 atom stereocenters. The van der Waals surface area contributed by atoms with Gasteiger partial charge in [0.05, 0.1) is 6.54 Å². The number of hydrogen-bond donors (Lipinski definition) is 3. The van der Waals surface area contributed by atoms with Gasteiger partial charge in [0.15, 0.2) is 5.78 Å². The topological polar surface area (TPSA) is 79.0 Å². The van der Waals surface area contributed by atoms with E-state index < -0.39 is 0 Å². The third kappa shape index (κ3) is 4.66. The van der Waals surface area contributed by atoms with Gasteiger partial charge in [0.1, 0.15) is 5.84 Å². The van der Waals surface area contributed by atoms with Gasteiger partial charge in [-0.3, -0.25) is 10.2 Å². The van der Waals surface area contributed by atoms with Crippen LogP contribution in [0.4, 0.5) is 5.69 Å². The SMILES string of the molecule is Cc1cc(C#CCNc2ccc(C(=N)N)cc2)ccc1C(=O)c1ccccc1. The summed E-state index contributed by atoms with van der Waals surface area (Å²) in [4.78, 5) is 12.6. The highest BCUT2D eigenvalue weighted by atomic mass is 16.1. The molecule has 0 unspecified atom stereocenters. The Morgan fingerprint density at radius 2 is 1.71 bits per heavy atom. The fraction of sp³-hybridized carbons (Fsp3) is 0.0833. The molecule has 0 aliphatic carbocycles. The third-order valence-electron chi connectivity index (χ3n) is 4.32. The second-order valence-corrected chi connectivity index (χ2v) is 6.37. The van der Waals surface area contributed by atoms with Gasteiger partial charge >= 0.3 is 0 Å². The van der Waals surface area contributed by atoms with Crippen molar-refractivity contribution in [1.29, 1.82) is 5.41 Å². The van der Waals surface area contributed by atoms with Gasteiger partial charge in [0.2, 0.25) is 0 Å². The molecule has 4 N–H and O–H groups in total. The molecule has 0 radical (unpaired) electrons. The molecule has 0 aliphatic heterocycles. The number of carbonyl (C=O) groups excluding carboxylic acids is 1. The number of nitrogens with one attached hydrogen (secondary N) is 2. The van der Waals surface area contributed by atoms with E-state index >= 15 is 0 Å². The Balaban J connectivity index is 1.63. The number of ketones is 1. The summed E-state index contributed by atoms with van der Waals surface area (Å²) in [6.45, 7) is 2.42. The Kier molecular flexibility index (Phi) is 5.88. The standard InChI is InChI=1S/C24H21N3O/c1-17-16-18(9-14-22(17)23(28)19-7-3-2-4-8-19)6-5-15-27-21-12-10-20(11-13-21)24(25)26/h2-4,7-14,16,27H,15H2,1H3,(H3,25,26). The Bertz CT molecular complexity index is 1060. The quantitative estimate of drug-likeness (QED) is 0.276. The summed E-state index contributed by atoms with van der Waals surface area (Å²) in [5, 5.41) is 10.6. The van der Waals surface area contributed by atoms with Crippen LogP contribution in [0.2, 0.25) is 0 Å². The van der Waals surface area contributed by atoms with Gasteiger partial charge in [-0.15, -0.1) is 0 Å². The van der Waals surface area contributed by atoms with Crippen LogP contribution in [0, 0.1) is 24.2 Å². The zero-order valence-electron chi connectivity index (χ0n) is 15.6. The molecule has 0 aromatic heterocycles. The second kappa shape index (κ2) is 8.70. The third-order valence-corrected chi connectivity index (χ3v) is 4.32. The number of anilines is 1. The van der Waals surface area contributed by atoms with E-state index in [9.17, 15) is 4.79 Å². The Hall–Kier alpha value is -3.84. The maximum absolute atomic E-state index is 12.6. The van der Waals surface area contributed by atoms with Crippen molar-refractivity contribution in [1.82, 2.24) is 0 Å². The van der Waals surface area contributed by atoms with Crippen LogP contribution in [0.3, 0.4) is 0 Å². The maximum Gasteiger partial charge on any atom is 0.193 e. The number of nitrogen functional groups attached to an aromatic ring is 1. The monoisotopic (exact) mass is 367 g/mol. The van der Waals surface area contributed by atoms with Crippen LogP contribution in [0.5, 0.6) is 0 Å². The van der Waals surface area contributed by atoms with Crippen LogP contribution >= 0.6 is 0 Å². The molecular formula is C24H21N3O. The van der Waals surface area contributed by atoms with Crippen LogP contribution in [-0.4, -0.2) is 18.2 Å². The molecule has 3 rings (SSSR count). The van der Waals surface area contributed by atoms with Crippen LogP contribution < -0.4 is 11.1 Å². The maximum atomic E-state index is 12.6. The number of benzene rings is 3. The molecule has 4 nitrogen and oxygen atoms in total. The average Bonchev–Trinajstić information content (AvgIpc) is 2.72. The van der Waals surface area contributed by atoms with Gasteiger partial charge in [0.25, 0.3) is 0 Å². The molecule has 0 amide bonds. The normalized spacial score (nSPS) is 9.89. The molecule has 0 aliphatic rings. The Morgan fingerprint density at radius 1 is 1.00 bits per heavy atom. The fourth-order valence-electron chi connectivity index (χ4n) is 2.80. The predicted octanol–water partition coefficient (Wildman–Crippen LogP) is 3.97. The highest BCUT2D eigenvalue weighted by molar-refractivity contribution is 6.09. The largest absolute Gasteiger partial charge is 0.384 e. The lowest BCUT2D eigenvalue weighted by atomic mass is 9.97. The summed E-state index contributed by atoms with van der Waals surface area (Å²) < 4.78 is 0. The first-order chi connectivity index (χ1) is 13.5. The molecule has 0 bridgehead atoms. The van der Waals surface area contributed by atoms with Crippen molar-refractivity contribution in [3.63, 3.8) is 0 Å². The van der Waals surface area contributed by atoms with Gasteiger partial charge in [-0.2, -0.15) is 0 Å². The fourth-order valence-corrected chi connectivity index (χ4v) is 2.80. The molecule has 3 aromatic rings. The molecule has 3 aromatic carbocycles. The lowest BCUT2D eigenvalue weighted by molar-refractivity contribution is 0.103. The molecule has 0 saturated heterocycles. The number of hydrogen-bond acceptors (Lipinski definition) is 3. The first-order valence-electron chi connectivity index (χ1n) is 8.92. The summed E-state index contributed by atoms with van der Waals surface area (Å²) in [6, 6.07) is 22.2. The van der Waals surface area contributed by atoms with E-state index in [4.69, 9.17) is 11.1 Å². The van der Waals surface area contributed by atoms with E-state index in [1.807, 2.05) is 67.6 Å². The predicted molar refractivity (Wildman–Crippen MR) is 114 cm³/mol. The van der Waals surface area contributed by atoms with Gasteiger partial charge in [-0.1, -0.05) is 42.2 Å². The van der Waals surface area contributed by atoms with E-state index in [0.29, 0.717) is 23.2 Å². The lowest BCUT2D eigenvalue weighted by Gasteiger charge is -2.06. The van der Waals surface area contributed by atoms with E-state index in [-0.39, 0.29) is 11.6 Å². The highest BCUT2D eigenvalue weighted by Crippen LogP contribution is 2.15. The number of carbonyl (C=O) groups is 1. The molecule has 4 heteroatoms. The van der Waals surface area contributed by atoms with Gasteiger partial charge in [-0.05, 0) is 55.0 Å². The van der Waals surface area contributed by atoms with E-state index in [2.05, 4.69) is 17.2 Å². The average molecular weight is 367 g/mol. The zero-order valence-corrected chi connectivity index (χ0v) is 15.6. The molecule has 138 valence electrons. The van der Waals surface area contributed by atoms with Crippen LogP contribution in [-0.2, 0) is 0 Å². The number of rotatable bonds is 5. The molecule has 0 heterocycles. The number of nitrogens with two attached hydrogens (primary N) is 1. The Labute approximate surface area is 164 Å². The number of aryl methyl sites for hydroxylation is 1. The van der Waals surface area contributed by atoms with Gasteiger partial charge in [-0.25, -0.2) is 0 Å². The molecular weight excluding hydrogens is 346 g/mol. The smallest absolute Gasteiger partial charge is 0.193 e. The summed E-state index contributed by atoms with van der Waals surface area (Å²) in [5.74, 6) is 6.27. The van der Waals surface area contributed by atoms with E-state index in [1.165, 1.54) is 0 Å². The van der Waals surface area contributed by atoms with E-state index in [0.717, 1.165) is 16.8 Å². The summed E-state index contributed by atoms with van der Waals surface area (Å²) >= 11 is 0. The summed E-state index contributed by atoms with van der Waals surface area (Å²) in [7, 11) is 0. The van der Waals surface area contributed by atoms with Crippen molar-refractivity contribution >= 4 is 17.3 Å². The number of amidine groups is 1. The van der Waals surface area contributed by atoms with Crippen LogP contribution in [0.25, 0.3) is 0 Å². The second-order valence-electron chi connectivity index (χ2n) is 6.37. The summed E-state index contributed by atoms with van der Waals surface area (Å²) in [6.07, 6.45) is 0. The van der Waals surface area contributed by atoms with Crippen molar-refractivity contribution in [2.45, 2.75) is 6.92 Å². The van der Waals surface area contributed by atoms with E-state index in [1.54, 1.807) is 12.1 Å². The minimum absolute atomic E-state index is 0.0216. The Morgan fingerprint density at radius 3 is 2.36 bits per heavy atom. The van der Waals surface area contributed by atoms with Gasteiger partial charge < -0.3 is 11.1 Å². The van der Waals surface area contributed by atoms with Crippen LogP contribution in [0.15, 0.2) is 72.8 Å². The first kappa shape index (κ1) is 18.9. The van der Waals surface area contributed by atoms with Crippen molar-refractivity contribution < 1.29 is 4.79 Å². The zero-order chi connectivity index (χ0) is 19.9. The molecule has 28 heavy (non-hydrogen) atoms. The first-order valence-corrected chi connectivity index (χ1v) is 8.92. The van der Waals surface area contributed by atoms with Gasteiger partial charge in [0, 0.05) is 27.9 Å². The van der Waals surface area contributed by atoms with Crippen molar-refractivity contribution in [3.8, 4) is 11.8 Å². The summed E-state index contributed by atoms with van der Waals surface area (Å²) in [5.41, 5.74) is 10.2. The molecule has 0 spiro atoms. The minimum atomic E-state index is 0.0216. The minimum Gasteiger partial charge on any atom is -0.384 e.